The van der Waals surface area contributed by atoms with Gasteiger partial charge in [0, 0.05) is 26.7 Å². The Morgan fingerprint density at radius 3 is 2.55 bits per heavy atom. The van der Waals surface area contributed by atoms with Crippen molar-refractivity contribution in [2.45, 2.75) is 32.2 Å². The number of fused-ring (bicyclic) bond motifs is 1. The topological polar surface area (TPSA) is 56.3 Å². The van der Waals surface area contributed by atoms with E-state index in [1.807, 2.05) is 11.7 Å². The highest BCUT2D eigenvalue weighted by atomic mass is 16.5. The summed E-state index contributed by atoms with van der Waals surface area (Å²) in [6.45, 7) is 5.05. The van der Waals surface area contributed by atoms with Crippen LogP contribution in [0.1, 0.15) is 36.6 Å². The Bertz CT molecular complexity index is 472. The molecule has 112 valence electrons. The molecule has 2 N–H and O–H groups in total. The lowest BCUT2D eigenvalue weighted by Gasteiger charge is -2.27. The molecule has 2 fully saturated rings. The van der Waals surface area contributed by atoms with E-state index in [1.165, 1.54) is 37.9 Å². The molecule has 3 unspecified atom stereocenters. The second kappa shape index (κ2) is 5.37. The summed E-state index contributed by atoms with van der Waals surface area (Å²) in [4.78, 5) is 2.56. The molecule has 1 aromatic rings. The van der Waals surface area contributed by atoms with Gasteiger partial charge in [-0.1, -0.05) is 6.42 Å². The molecule has 0 amide bonds. The zero-order valence-corrected chi connectivity index (χ0v) is 12.8. The Balaban J connectivity index is 1.87. The van der Waals surface area contributed by atoms with Crippen LogP contribution in [0.5, 0.6) is 5.88 Å². The van der Waals surface area contributed by atoms with E-state index in [4.69, 9.17) is 10.5 Å². The number of ether oxygens (including phenoxy) is 1. The van der Waals surface area contributed by atoms with Gasteiger partial charge in [-0.05, 0) is 31.6 Å². The Hall–Kier alpha value is -1.07. The summed E-state index contributed by atoms with van der Waals surface area (Å²) in [6.07, 6.45) is 4.19. The monoisotopic (exact) mass is 278 g/mol. The Morgan fingerprint density at radius 1 is 1.35 bits per heavy atom. The first-order chi connectivity index (χ1) is 9.65. The van der Waals surface area contributed by atoms with E-state index in [1.54, 1.807) is 7.11 Å². The summed E-state index contributed by atoms with van der Waals surface area (Å²) < 4.78 is 7.38. The molecule has 5 nitrogen and oxygen atoms in total. The molecule has 1 aliphatic carbocycles. The molecule has 1 saturated carbocycles. The molecule has 2 heterocycles. The van der Waals surface area contributed by atoms with Crippen LogP contribution in [0.4, 0.5) is 0 Å². The van der Waals surface area contributed by atoms with Crippen LogP contribution < -0.4 is 10.5 Å². The molecule has 0 radical (unpaired) electrons. The largest absolute Gasteiger partial charge is 0.481 e. The van der Waals surface area contributed by atoms with Crippen molar-refractivity contribution in [1.29, 1.82) is 0 Å². The van der Waals surface area contributed by atoms with Crippen molar-refractivity contribution >= 4 is 0 Å². The zero-order chi connectivity index (χ0) is 14.3. The van der Waals surface area contributed by atoms with Crippen molar-refractivity contribution in [3.05, 3.63) is 11.3 Å². The highest BCUT2D eigenvalue weighted by Gasteiger charge is 2.40. The van der Waals surface area contributed by atoms with Crippen molar-refractivity contribution in [2.75, 3.05) is 26.7 Å². The molecular formula is C15H26N4O. The fraction of sp³-hybridized carbons (Fsp3) is 0.800. The van der Waals surface area contributed by atoms with Crippen LogP contribution in [0.25, 0.3) is 0 Å². The Morgan fingerprint density at radius 2 is 2.00 bits per heavy atom. The van der Waals surface area contributed by atoms with Gasteiger partial charge in [-0.25, -0.2) is 4.68 Å². The van der Waals surface area contributed by atoms with E-state index < -0.39 is 0 Å². The summed E-state index contributed by atoms with van der Waals surface area (Å²) in [5.41, 5.74) is 8.32. The van der Waals surface area contributed by atoms with Gasteiger partial charge in [0.25, 0.3) is 0 Å². The summed E-state index contributed by atoms with van der Waals surface area (Å²) in [6, 6.07) is 0.240. The lowest BCUT2D eigenvalue weighted by molar-refractivity contribution is 0.225. The average Bonchev–Trinajstić information content (AvgIpc) is 3.05. The van der Waals surface area contributed by atoms with Crippen LogP contribution in [0.15, 0.2) is 0 Å². The molecule has 3 rings (SSSR count). The third kappa shape index (κ3) is 2.13. The molecular weight excluding hydrogens is 252 g/mol. The van der Waals surface area contributed by atoms with Crippen molar-refractivity contribution in [3.63, 3.8) is 0 Å². The molecule has 0 bridgehead atoms. The third-order valence-corrected chi connectivity index (χ3v) is 5.16. The summed E-state index contributed by atoms with van der Waals surface area (Å²) >= 11 is 0. The van der Waals surface area contributed by atoms with Gasteiger partial charge in [-0.3, -0.25) is 4.90 Å². The molecule has 0 spiro atoms. The minimum atomic E-state index is 0.240. The molecule has 1 aromatic heterocycles. The number of nitrogens with zero attached hydrogens (tertiary/aromatic N) is 3. The maximum atomic E-state index is 6.10. The number of likely N-dealkylation sites (tertiary alicyclic amines) is 1. The third-order valence-electron chi connectivity index (χ3n) is 5.16. The van der Waals surface area contributed by atoms with Crippen molar-refractivity contribution < 1.29 is 4.74 Å². The second-order valence-corrected chi connectivity index (χ2v) is 6.29. The first kappa shape index (κ1) is 13.9. The van der Waals surface area contributed by atoms with Crippen molar-refractivity contribution in [3.8, 4) is 5.88 Å². The fourth-order valence-corrected chi connectivity index (χ4v) is 4.25. The highest BCUT2D eigenvalue weighted by molar-refractivity contribution is 5.35. The Labute approximate surface area is 121 Å². The van der Waals surface area contributed by atoms with Gasteiger partial charge in [0.15, 0.2) is 0 Å². The number of methoxy groups -OCH3 is 1. The Kier molecular flexibility index (Phi) is 3.73. The molecule has 3 atom stereocenters. The second-order valence-electron chi connectivity index (χ2n) is 6.29. The van der Waals surface area contributed by atoms with Gasteiger partial charge < -0.3 is 10.5 Å². The lowest BCUT2D eigenvalue weighted by atomic mass is 10.0. The van der Waals surface area contributed by atoms with E-state index in [2.05, 4.69) is 16.9 Å². The first-order valence-corrected chi connectivity index (χ1v) is 7.67. The number of hydrogen-bond donors (Lipinski definition) is 1. The van der Waals surface area contributed by atoms with Crippen LogP contribution in [0.2, 0.25) is 0 Å². The van der Waals surface area contributed by atoms with E-state index >= 15 is 0 Å². The minimum absolute atomic E-state index is 0.240. The van der Waals surface area contributed by atoms with Gasteiger partial charge in [0.05, 0.1) is 24.4 Å². The fourth-order valence-electron chi connectivity index (χ4n) is 4.25. The quantitative estimate of drug-likeness (QED) is 0.906. The van der Waals surface area contributed by atoms with Gasteiger partial charge in [-0.2, -0.15) is 5.10 Å². The normalized spacial score (nSPS) is 27.8. The summed E-state index contributed by atoms with van der Waals surface area (Å²) in [5.74, 6) is 2.62. The van der Waals surface area contributed by atoms with Crippen LogP contribution in [-0.2, 0) is 7.05 Å². The number of aryl methyl sites for hydroxylation is 2. The lowest BCUT2D eigenvalue weighted by Crippen LogP contribution is -2.33. The van der Waals surface area contributed by atoms with E-state index in [0.29, 0.717) is 6.54 Å². The SMILES string of the molecule is COc1c(C(CN)N2CC3CCCC3C2)c(C)nn1C. The number of rotatable bonds is 4. The van der Waals surface area contributed by atoms with Crippen LogP contribution in [0, 0.1) is 18.8 Å². The maximum Gasteiger partial charge on any atom is 0.216 e. The van der Waals surface area contributed by atoms with Gasteiger partial charge in [-0.15, -0.1) is 0 Å². The number of hydrogen-bond acceptors (Lipinski definition) is 4. The van der Waals surface area contributed by atoms with E-state index in [9.17, 15) is 0 Å². The van der Waals surface area contributed by atoms with Crippen molar-refractivity contribution in [1.82, 2.24) is 14.7 Å². The van der Waals surface area contributed by atoms with E-state index in [-0.39, 0.29) is 6.04 Å². The van der Waals surface area contributed by atoms with Crippen LogP contribution in [0.3, 0.4) is 0 Å². The number of aromatic nitrogens is 2. The smallest absolute Gasteiger partial charge is 0.216 e. The van der Waals surface area contributed by atoms with Gasteiger partial charge in [0.1, 0.15) is 0 Å². The minimum Gasteiger partial charge on any atom is -0.481 e. The molecule has 1 saturated heterocycles. The average molecular weight is 278 g/mol. The molecule has 2 aliphatic rings. The van der Waals surface area contributed by atoms with E-state index in [0.717, 1.165) is 23.4 Å². The van der Waals surface area contributed by atoms with Crippen molar-refractivity contribution in [2.24, 2.45) is 24.6 Å². The molecule has 20 heavy (non-hydrogen) atoms. The zero-order valence-electron chi connectivity index (χ0n) is 12.8. The predicted molar refractivity (Wildman–Crippen MR) is 78.7 cm³/mol. The standard InChI is InChI=1S/C15H26N4O/c1-10-14(15(20-3)18(2)17-10)13(7-16)19-8-11-5-4-6-12(11)9-19/h11-13H,4-9,16H2,1-3H3. The molecule has 5 heteroatoms. The summed E-state index contributed by atoms with van der Waals surface area (Å²) in [5, 5.41) is 4.50. The first-order valence-electron chi connectivity index (χ1n) is 7.67. The number of nitrogens with two attached hydrogens (primary N) is 1. The van der Waals surface area contributed by atoms with Gasteiger partial charge >= 0.3 is 0 Å². The predicted octanol–water partition coefficient (Wildman–Crippen LogP) is 1.47. The maximum absolute atomic E-state index is 6.10. The molecule has 0 aromatic carbocycles. The molecule has 1 aliphatic heterocycles. The summed E-state index contributed by atoms with van der Waals surface area (Å²) in [7, 11) is 3.65. The van der Waals surface area contributed by atoms with Gasteiger partial charge in [0.2, 0.25) is 5.88 Å². The highest BCUT2D eigenvalue weighted by Crippen LogP contribution is 2.42. The van der Waals surface area contributed by atoms with Crippen LogP contribution >= 0.6 is 0 Å². The van der Waals surface area contributed by atoms with Crippen LogP contribution in [-0.4, -0.2) is 41.4 Å².